The smallest absolute Gasteiger partial charge is 0.309 e. The summed E-state index contributed by atoms with van der Waals surface area (Å²) in [6, 6.07) is 5.58. The van der Waals surface area contributed by atoms with E-state index in [0.29, 0.717) is 18.4 Å². The number of ether oxygens (including phenoxy) is 1. The summed E-state index contributed by atoms with van der Waals surface area (Å²) >= 11 is 0. The first-order valence-electron chi connectivity index (χ1n) is 8.51. The zero-order valence-electron chi connectivity index (χ0n) is 15.1. The Bertz CT molecular complexity index is 780. The van der Waals surface area contributed by atoms with Crippen molar-refractivity contribution in [3.05, 3.63) is 35.6 Å². The highest BCUT2D eigenvalue weighted by atomic mass is 32.2. The number of hydrogen-bond acceptors (Lipinski definition) is 5. The second kappa shape index (κ2) is 8.16. The number of esters is 1. The molecule has 0 aliphatic carbocycles. The SMILES string of the molecule is CC(Cc1cccc(F)c1)C(=O)OC(C)C(=O)N(C)C1CCS(=O)(=O)C1. The van der Waals surface area contributed by atoms with Crippen LogP contribution in [0.2, 0.25) is 0 Å². The molecule has 8 heteroatoms. The van der Waals surface area contributed by atoms with Gasteiger partial charge in [0.1, 0.15) is 5.82 Å². The van der Waals surface area contributed by atoms with Crippen molar-refractivity contribution in [3.63, 3.8) is 0 Å². The van der Waals surface area contributed by atoms with E-state index in [1.165, 1.54) is 31.0 Å². The lowest BCUT2D eigenvalue weighted by Gasteiger charge is -2.26. The molecule has 0 saturated carbocycles. The van der Waals surface area contributed by atoms with Crippen LogP contribution in [0, 0.1) is 11.7 Å². The first-order valence-corrected chi connectivity index (χ1v) is 10.3. The van der Waals surface area contributed by atoms with E-state index in [9.17, 15) is 22.4 Å². The van der Waals surface area contributed by atoms with Crippen LogP contribution in [0.5, 0.6) is 0 Å². The van der Waals surface area contributed by atoms with E-state index in [1.807, 2.05) is 0 Å². The van der Waals surface area contributed by atoms with Gasteiger partial charge in [0, 0.05) is 13.1 Å². The Morgan fingerprint density at radius 2 is 2.04 bits per heavy atom. The number of halogens is 1. The third-order valence-electron chi connectivity index (χ3n) is 4.58. The van der Waals surface area contributed by atoms with Crippen molar-refractivity contribution >= 4 is 21.7 Å². The number of hydrogen-bond donors (Lipinski definition) is 0. The van der Waals surface area contributed by atoms with Gasteiger partial charge in [0.2, 0.25) is 0 Å². The van der Waals surface area contributed by atoms with Gasteiger partial charge in [-0.1, -0.05) is 19.1 Å². The predicted octanol–water partition coefficient (Wildman–Crippen LogP) is 1.58. The highest BCUT2D eigenvalue weighted by Gasteiger charge is 2.35. The third kappa shape index (κ3) is 5.27. The molecule has 2 rings (SSSR count). The van der Waals surface area contributed by atoms with Crippen LogP contribution in [0.4, 0.5) is 4.39 Å². The first kappa shape index (κ1) is 20.4. The zero-order chi connectivity index (χ0) is 19.5. The lowest BCUT2D eigenvalue weighted by Crippen LogP contribution is -2.44. The Hall–Kier alpha value is -1.96. The number of amides is 1. The molecule has 144 valence electrons. The predicted molar refractivity (Wildman–Crippen MR) is 94.7 cm³/mol. The van der Waals surface area contributed by atoms with Crippen LogP contribution < -0.4 is 0 Å². The molecule has 1 heterocycles. The van der Waals surface area contributed by atoms with Gasteiger partial charge in [-0.2, -0.15) is 0 Å². The molecule has 0 spiro atoms. The van der Waals surface area contributed by atoms with E-state index in [2.05, 4.69) is 0 Å². The normalized spacial score (nSPS) is 21.0. The average Bonchev–Trinajstić information content (AvgIpc) is 2.93. The molecule has 26 heavy (non-hydrogen) atoms. The fourth-order valence-electron chi connectivity index (χ4n) is 2.99. The quantitative estimate of drug-likeness (QED) is 0.695. The van der Waals surface area contributed by atoms with Crippen LogP contribution >= 0.6 is 0 Å². The van der Waals surface area contributed by atoms with Gasteiger partial charge in [-0.15, -0.1) is 0 Å². The molecule has 1 aromatic carbocycles. The summed E-state index contributed by atoms with van der Waals surface area (Å²) in [5, 5.41) is 0. The molecule has 3 unspecified atom stereocenters. The maximum atomic E-state index is 13.2. The fourth-order valence-corrected chi connectivity index (χ4v) is 4.76. The maximum absolute atomic E-state index is 13.2. The molecule has 1 amide bonds. The Kier molecular flexibility index (Phi) is 6.39. The van der Waals surface area contributed by atoms with Gasteiger partial charge < -0.3 is 9.64 Å². The van der Waals surface area contributed by atoms with Gasteiger partial charge in [-0.25, -0.2) is 12.8 Å². The van der Waals surface area contributed by atoms with Gasteiger partial charge >= 0.3 is 5.97 Å². The van der Waals surface area contributed by atoms with E-state index < -0.39 is 39.8 Å². The molecular weight excluding hydrogens is 361 g/mol. The number of carbonyl (C=O) groups is 2. The fraction of sp³-hybridized carbons (Fsp3) is 0.556. The van der Waals surface area contributed by atoms with Gasteiger partial charge in [0.05, 0.1) is 17.4 Å². The van der Waals surface area contributed by atoms with Crippen LogP contribution in [0.15, 0.2) is 24.3 Å². The average molecular weight is 385 g/mol. The number of rotatable bonds is 6. The Morgan fingerprint density at radius 3 is 2.62 bits per heavy atom. The third-order valence-corrected chi connectivity index (χ3v) is 6.33. The highest BCUT2D eigenvalue weighted by Crippen LogP contribution is 2.18. The van der Waals surface area contributed by atoms with Gasteiger partial charge in [0.25, 0.3) is 5.91 Å². The minimum absolute atomic E-state index is 0.0636. The van der Waals surface area contributed by atoms with E-state index in [1.54, 1.807) is 19.1 Å². The lowest BCUT2D eigenvalue weighted by molar-refractivity contribution is -0.162. The van der Waals surface area contributed by atoms with Crippen LogP contribution in [-0.2, 0) is 30.6 Å². The number of nitrogens with zero attached hydrogens (tertiary/aromatic N) is 1. The van der Waals surface area contributed by atoms with Crippen molar-refractivity contribution in [2.24, 2.45) is 5.92 Å². The largest absolute Gasteiger partial charge is 0.452 e. The van der Waals surface area contributed by atoms with E-state index in [0.717, 1.165) is 0 Å². The van der Waals surface area contributed by atoms with E-state index in [-0.39, 0.29) is 17.3 Å². The van der Waals surface area contributed by atoms with Crippen molar-refractivity contribution in [2.75, 3.05) is 18.6 Å². The minimum atomic E-state index is -3.11. The Balaban J connectivity index is 1.90. The molecule has 1 saturated heterocycles. The van der Waals surface area contributed by atoms with Gasteiger partial charge in [0.15, 0.2) is 15.9 Å². The molecule has 1 aromatic rings. The molecule has 0 aromatic heterocycles. The molecule has 1 fully saturated rings. The van der Waals surface area contributed by atoms with Crippen LogP contribution in [0.25, 0.3) is 0 Å². The van der Waals surface area contributed by atoms with Crippen molar-refractivity contribution in [1.82, 2.24) is 4.90 Å². The summed E-state index contributed by atoms with van der Waals surface area (Å²) in [7, 11) is -1.58. The summed E-state index contributed by atoms with van der Waals surface area (Å²) in [4.78, 5) is 26.0. The molecule has 0 bridgehead atoms. The molecule has 6 nitrogen and oxygen atoms in total. The van der Waals surface area contributed by atoms with Gasteiger partial charge in [-0.3, -0.25) is 9.59 Å². The number of likely N-dealkylation sites (N-methyl/N-ethyl adjacent to an activating group) is 1. The zero-order valence-corrected chi connectivity index (χ0v) is 16.0. The van der Waals surface area contributed by atoms with Crippen LogP contribution in [0.3, 0.4) is 0 Å². The molecular formula is C18H24FNO5S. The van der Waals surface area contributed by atoms with Crippen molar-refractivity contribution in [3.8, 4) is 0 Å². The summed E-state index contributed by atoms with van der Waals surface area (Å²) < 4.78 is 41.6. The number of sulfone groups is 1. The van der Waals surface area contributed by atoms with E-state index >= 15 is 0 Å². The molecule has 3 atom stereocenters. The summed E-state index contributed by atoms with van der Waals surface area (Å²) in [6.45, 7) is 3.12. The van der Waals surface area contributed by atoms with Crippen LogP contribution in [0.1, 0.15) is 25.8 Å². The molecule has 1 aliphatic rings. The van der Waals surface area contributed by atoms with Crippen LogP contribution in [-0.4, -0.2) is 55.9 Å². The maximum Gasteiger partial charge on any atom is 0.309 e. The summed E-state index contributed by atoms with van der Waals surface area (Å²) in [5.41, 5.74) is 0.668. The lowest BCUT2D eigenvalue weighted by atomic mass is 10.0. The highest BCUT2D eigenvalue weighted by molar-refractivity contribution is 7.91. The summed E-state index contributed by atoms with van der Waals surface area (Å²) in [5.74, 6) is -1.90. The van der Waals surface area contributed by atoms with Crippen molar-refractivity contribution in [1.29, 1.82) is 0 Å². The topological polar surface area (TPSA) is 80.8 Å². The number of benzene rings is 1. The molecule has 1 aliphatic heterocycles. The van der Waals surface area contributed by atoms with Crippen molar-refractivity contribution in [2.45, 2.75) is 38.8 Å². The second-order valence-electron chi connectivity index (χ2n) is 6.82. The summed E-state index contributed by atoms with van der Waals surface area (Å²) in [6.07, 6.45) is -0.319. The Morgan fingerprint density at radius 1 is 1.35 bits per heavy atom. The van der Waals surface area contributed by atoms with E-state index in [4.69, 9.17) is 4.74 Å². The van der Waals surface area contributed by atoms with Crippen molar-refractivity contribution < 1.29 is 27.1 Å². The Labute approximate surface area is 153 Å². The standard InChI is InChI=1S/C18H24FNO5S/c1-12(9-14-5-4-6-15(19)10-14)18(22)25-13(2)17(21)20(3)16-7-8-26(23,24)11-16/h4-6,10,12-13,16H,7-9,11H2,1-3H3. The second-order valence-corrected chi connectivity index (χ2v) is 9.05. The monoisotopic (exact) mass is 385 g/mol. The van der Waals surface area contributed by atoms with Gasteiger partial charge in [-0.05, 0) is 37.5 Å². The molecule has 0 radical (unpaired) electrons. The minimum Gasteiger partial charge on any atom is -0.452 e. The first-order chi connectivity index (χ1) is 12.1. The molecule has 0 N–H and O–H groups in total. The number of carbonyl (C=O) groups excluding carboxylic acids is 2.